The summed E-state index contributed by atoms with van der Waals surface area (Å²) >= 11 is 0. The van der Waals surface area contributed by atoms with E-state index in [4.69, 9.17) is 52.1 Å². The number of nitrogens with zero attached hydrogens (tertiary/aromatic N) is 1. The Morgan fingerprint density at radius 2 is 0.870 bits per heavy atom. The van der Waals surface area contributed by atoms with Crippen LogP contribution in [0.15, 0.2) is 0 Å². The van der Waals surface area contributed by atoms with Gasteiger partial charge in [-0.3, -0.25) is 9.59 Å². The zero-order valence-corrected chi connectivity index (χ0v) is 30.3. The van der Waals surface area contributed by atoms with Crippen LogP contribution in [0, 0.1) is 11.8 Å². The molecule has 0 aromatic rings. The van der Waals surface area contributed by atoms with Gasteiger partial charge in [-0.2, -0.15) is 0 Å². The van der Waals surface area contributed by atoms with Crippen molar-refractivity contribution >= 4 is 11.9 Å². The molecule has 2 unspecified atom stereocenters. The lowest BCUT2D eigenvalue weighted by Gasteiger charge is -2.33. The fourth-order valence-electron chi connectivity index (χ4n) is 5.02. The monoisotopic (exact) mass is 669 g/mol. The van der Waals surface area contributed by atoms with Crippen LogP contribution in [0.1, 0.15) is 73.1 Å². The summed E-state index contributed by atoms with van der Waals surface area (Å²) in [5.41, 5.74) is 0. The van der Waals surface area contributed by atoms with Crippen LogP contribution in [-0.2, 0) is 61.7 Å². The Kier molecular flexibility index (Phi) is 23.9. The van der Waals surface area contributed by atoms with Gasteiger partial charge < -0.3 is 57.0 Å². The summed E-state index contributed by atoms with van der Waals surface area (Å²) in [6.07, 6.45) is 2.83. The van der Waals surface area contributed by atoms with Crippen LogP contribution in [-0.4, -0.2) is 130 Å². The van der Waals surface area contributed by atoms with Crippen LogP contribution in [0.2, 0.25) is 0 Å². The molecule has 0 saturated carbocycles. The molecule has 0 amide bonds. The van der Waals surface area contributed by atoms with Crippen LogP contribution in [0.5, 0.6) is 0 Å². The number of carbonyl (C=O) groups is 2. The summed E-state index contributed by atoms with van der Waals surface area (Å²) in [7, 11) is 8.93. The molecule has 0 fully saturated rings. The Morgan fingerprint density at radius 3 is 1.17 bits per heavy atom. The Bertz CT molecular complexity index is 710. The molecule has 0 aliphatic carbocycles. The van der Waals surface area contributed by atoms with Crippen molar-refractivity contribution in [3.8, 4) is 0 Å². The molecule has 0 rings (SSSR count). The molecule has 46 heavy (non-hydrogen) atoms. The highest BCUT2D eigenvalue weighted by Crippen LogP contribution is 2.24. The van der Waals surface area contributed by atoms with Crippen molar-refractivity contribution < 1.29 is 61.7 Å². The lowest BCUT2D eigenvalue weighted by Crippen LogP contribution is -2.42. The zero-order chi connectivity index (χ0) is 35.1. The zero-order valence-electron chi connectivity index (χ0n) is 30.3. The van der Waals surface area contributed by atoms with Crippen LogP contribution in [0.3, 0.4) is 0 Å². The Balaban J connectivity index is 5.38. The number of esters is 2. The normalized spacial score (nSPS) is 14.0. The van der Waals surface area contributed by atoms with E-state index in [2.05, 4.69) is 4.90 Å². The number of hydrogen-bond acceptors (Lipinski definition) is 14. The topological polar surface area (TPSA) is 139 Å². The van der Waals surface area contributed by atoms with Gasteiger partial charge in [-0.25, -0.2) is 0 Å². The van der Waals surface area contributed by atoms with E-state index in [0.717, 1.165) is 0 Å². The fraction of sp³-hybridized carbons (Fsp3) is 0.938. The first-order chi connectivity index (χ1) is 21.9. The maximum Gasteiger partial charge on any atom is 0.309 e. The fourth-order valence-corrected chi connectivity index (χ4v) is 5.02. The molecule has 0 heterocycles. The predicted octanol–water partition coefficient (Wildman–Crippen LogP) is 3.94. The molecule has 0 aliphatic heterocycles. The molecule has 274 valence electrons. The first-order valence-electron chi connectivity index (χ1n) is 16.2. The minimum atomic E-state index is -1.18. The van der Waals surface area contributed by atoms with Gasteiger partial charge in [0.25, 0.3) is 17.9 Å². The van der Waals surface area contributed by atoms with Gasteiger partial charge in [-0.05, 0) is 46.6 Å². The van der Waals surface area contributed by atoms with Crippen LogP contribution in [0.4, 0.5) is 0 Å². The van der Waals surface area contributed by atoms with Gasteiger partial charge in [-0.15, -0.1) is 0 Å². The molecule has 0 aromatic heterocycles. The lowest BCUT2D eigenvalue weighted by atomic mass is 10.1. The summed E-state index contributed by atoms with van der Waals surface area (Å²) in [4.78, 5) is 27.9. The second kappa shape index (κ2) is 24.6. The molecular formula is C32H63NO13. The van der Waals surface area contributed by atoms with Crippen molar-refractivity contribution in [1.82, 2.24) is 4.90 Å². The average molecular weight is 670 g/mol. The van der Waals surface area contributed by atoms with E-state index in [1.165, 1.54) is 42.7 Å². The SMILES string of the molecule is CCOC(CCCN(CC(C)C(=O)OCCCC(OC)(OC)OC)CC(C)C(=O)OCCCC(OC)(OC)OC)(OCC)OCC. The Labute approximate surface area is 276 Å². The molecule has 0 radical (unpaired) electrons. The molecule has 0 spiro atoms. The van der Waals surface area contributed by atoms with E-state index in [9.17, 15) is 9.59 Å². The molecule has 0 saturated heterocycles. The number of methoxy groups -OCH3 is 6. The third kappa shape index (κ3) is 16.1. The van der Waals surface area contributed by atoms with Gasteiger partial charge in [0.2, 0.25) is 0 Å². The van der Waals surface area contributed by atoms with Gasteiger partial charge in [0.15, 0.2) is 0 Å². The minimum absolute atomic E-state index is 0.180. The summed E-state index contributed by atoms with van der Waals surface area (Å²) in [6.45, 7) is 12.2. The van der Waals surface area contributed by atoms with Crippen molar-refractivity contribution in [2.45, 2.75) is 91.1 Å². The van der Waals surface area contributed by atoms with Crippen molar-refractivity contribution in [2.75, 3.05) is 95.3 Å². The first kappa shape index (κ1) is 44.5. The maximum atomic E-state index is 12.9. The quantitative estimate of drug-likeness (QED) is 0.0620. The van der Waals surface area contributed by atoms with E-state index < -0.39 is 29.8 Å². The van der Waals surface area contributed by atoms with Crippen molar-refractivity contribution in [2.24, 2.45) is 11.8 Å². The van der Waals surface area contributed by atoms with Crippen molar-refractivity contribution in [1.29, 1.82) is 0 Å². The maximum absolute atomic E-state index is 12.9. The summed E-state index contributed by atoms with van der Waals surface area (Å²) in [5.74, 6) is -5.12. The third-order valence-electron chi connectivity index (χ3n) is 7.53. The Hall–Kier alpha value is -1.46. The second-order valence-electron chi connectivity index (χ2n) is 10.8. The predicted molar refractivity (Wildman–Crippen MR) is 170 cm³/mol. The summed E-state index contributed by atoms with van der Waals surface area (Å²) < 4.78 is 60.5. The van der Waals surface area contributed by atoms with Crippen LogP contribution >= 0.6 is 0 Å². The molecular weight excluding hydrogens is 606 g/mol. The average Bonchev–Trinajstić information content (AvgIpc) is 3.05. The van der Waals surface area contributed by atoms with Crippen molar-refractivity contribution in [3.63, 3.8) is 0 Å². The highest BCUT2D eigenvalue weighted by Gasteiger charge is 2.33. The third-order valence-corrected chi connectivity index (χ3v) is 7.53. The molecule has 0 aromatic carbocycles. The van der Waals surface area contributed by atoms with Gasteiger partial charge in [0.05, 0.1) is 25.0 Å². The molecule has 14 nitrogen and oxygen atoms in total. The van der Waals surface area contributed by atoms with E-state index in [0.29, 0.717) is 78.0 Å². The number of rotatable bonds is 30. The number of ether oxygens (including phenoxy) is 11. The van der Waals surface area contributed by atoms with Gasteiger partial charge in [0, 0.05) is 94.8 Å². The standard InChI is InChI=1S/C32H63NO13/c1-12-44-32(45-13-2,46-14-3)18-15-21-33(24-26(4)28(34)42-22-16-19-30(36-6,37-7)38-8)25-27(5)29(35)43-23-17-20-31(39-9,40-10)41-11/h26-27H,12-25H2,1-11H3. The molecule has 0 aliphatic rings. The Morgan fingerprint density at radius 1 is 0.543 bits per heavy atom. The molecule has 14 heteroatoms. The highest BCUT2D eigenvalue weighted by atomic mass is 16.9. The number of carbonyl (C=O) groups excluding carboxylic acids is 2. The van der Waals surface area contributed by atoms with Gasteiger partial charge in [-0.1, -0.05) is 13.8 Å². The van der Waals surface area contributed by atoms with Crippen LogP contribution in [0.25, 0.3) is 0 Å². The lowest BCUT2D eigenvalue weighted by molar-refractivity contribution is -0.380. The van der Waals surface area contributed by atoms with E-state index in [1.54, 1.807) is 13.8 Å². The largest absolute Gasteiger partial charge is 0.465 e. The van der Waals surface area contributed by atoms with Gasteiger partial charge >= 0.3 is 11.9 Å². The summed E-state index contributed by atoms with van der Waals surface area (Å²) in [6, 6.07) is 0. The van der Waals surface area contributed by atoms with Crippen LogP contribution < -0.4 is 0 Å². The summed E-state index contributed by atoms with van der Waals surface area (Å²) in [5, 5.41) is 0. The highest BCUT2D eigenvalue weighted by molar-refractivity contribution is 5.73. The number of hydrogen-bond donors (Lipinski definition) is 0. The smallest absolute Gasteiger partial charge is 0.309 e. The first-order valence-corrected chi connectivity index (χ1v) is 16.2. The molecule has 0 N–H and O–H groups in total. The van der Waals surface area contributed by atoms with E-state index in [-0.39, 0.29) is 25.2 Å². The molecule has 0 bridgehead atoms. The second-order valence-corrected chi connectivity index (χ2v) is 10.8. The minimum Gasteiger partial charge on any atom is -0.465 e. The van der Waals surface area contributed by atoms with E-state index in [1.807, 2.05) is 20.8 Å². The van der Waals surface area contributed by atoms with Gasteiger partial charge in [0.1, 0.15) is 0 Å². The molecule has 2 atom stereocenters. The van der Waals surface area contributed by atoms with Crippen molar-refractivity contribution in [3.05, 3.63) is 0 Å². The van der Waals surface area contributed by atoms with E-state index >= 15 is 0 Å².